The summed E-state index contributed by atoms with van der Waals surface area (Å²) >= 11 is 0. The Morgan fingerprint density at radius 1 is 1.60 bits per heavy atom. The minimum atomic E-state index is -0.195. The van der Waals surface area contributed by atoms with Crippen molar-refractivity contribution in [3.05, 3.63) is 12.2 Å². The number of hydrogen-bond donors (Lipinski definition) is 2. The maximum atomic E-state index is 11.5. The first-order valence-corrected chi connectivity index (χ1v) is 5.07. The van der Waals surface area contributed by atoms with E-state index in [4.69, 9.17) is 4.74 Å². The van der Waals surface area contributed by atoms with Crippen LogP contribution in [0.2, 0.25) is 0 Å². The van der Waals surface area contributed by atoms with Crippen LogP contribution >= 0.6 is 0 Å². The van der Waals surface area contributed by atoms with Crippen molar-refractivity contribution in [2.24, 2.45) is 5.92 Å². The third kappa shape index (κ3) is 2.76. The Hall–Kier alpha value is -1.43. The first kappa shape index (κ1) is 10.1. The summed E-state index contributed by atoms with van der Waals surface area (Å²) in [4.78, 5) is 15.2. The third-order valence-corrected chi connectivity index (χ3v) is 2.52. The highest BCUT2D eigenvalue weighted by atomic mass is 16.5. The lowest BCUT2D eigenvalue weighted by molar-refractivity contribution is 0.0641. The second-order valence-corrected chi connectivity index (χ2v) is 3.60. The zero-order valence-electron chi connectivity index (χ0n) is 8.40. The van der Waals surface area contributed by atoms with E-state index in [1.165, 1.54) is 6.33 Å². The fourth-order valence-corrected chi connectivity index (χ4v) is 1.59. The van der Waals surface area contributed by atoms with Crippen LogP contribution in [0, 0.1) is 5.92 Å². The van der Waals surface area contributed by atoms with Gasteiger partial charge in [0.05, 0.1) is 0 Å². The van der Waals surface area contributed by atoms with Crippen molar-refractivity contribution in [2.45, 2.75) is 12.8 Å². The number of amides is 1. The van der Waals surface area contributed by atoms with Crippen molar-refractivity contribution in [1.82, 2.24) is 20.5 Å². The van der Waals surface area contributed by atoms with Crippen molar-refractivity contribution >= 4 is 5.91 Å². The highest BCUT2D eigenvalue weighted by Crippen LogP contribution is 2.13. The van der Waals surface area contributed by atoms with Crippen LogP contribution in [0.4, 0.5) is 0 Å². The standard InChI is InChI=1S/C9H14N4O2/c14-9(8-11-6-12-13-8)10-5-7-1-3-15-4-2-7/h6-7H,1-5H2,(H,10,14)(H,11,12,13). The fourth-order valence-electron chi connectivity index (χ4n) is 1.59. The summed E-state index contributed by atoms with van der Waals surface area (Å²) in [7, 11) is 0. The largest absolute Gasteiger partial charge is 0.381 e. The van der Waals surface area contributed by atoms with Gasteiger partial charge < -0.3 is 10.1 Å². The average Bonchev–Trinajstić information content (AvgIpc) is 2.81. The van der Waals surface area contributed by atoms with Gasteiger partial charge in [-0.2, -0.15) is 5.10 Å². The summed E-state index contributed by atoms with van der Waals surface area (Å²) in [6, 6.07) is 0. The van der Waals surface area contributed by atoms with E-state index in [1.54, 1.807) is 0 Å². The molecule has 6 nitrogen and oxygen atoms in total. The molecule has 2 heterocycles. The minimum absolute atomic E-state index is 0.195. The molecule has 1 amide bonds. The number of ether oxygens (including phenoxy) is 1. The molecule has 6 heteroatoms. The van der Waals surface area contributed by atoms with E-state index in [1.807, 2.05) is 0 Å². The molecule has 1 aliphatic rings. The van der Waals surface area contributed by atoms with Crippen molar-refractivity contribution in [1.29, 1.82) is 0 Å². The Balaban J connectivity index is 1.75. The van der Waals surface area contributed by atoms with E-state index in [0.29, 0.717) is 12.5 Å². The SMILES string of the molecule is O=C(NCC1CCOCC1)c1ncn[nH]1. The van der Waals surface area contributed by atoms with E-state index in [0.717, 1.165) is 26.1 Å². The van der Waals surface area contributed by atoms with Crippen LogP contribution in [0.15, 0.2) is 6.33 Å². The lowest BCUT2D eigenvalue weighted by Crippen LogP contribution is -2.32. The number of rotatable bonds is 3. The van der Waals surface area contributed by atoms with E-state index in [2.05, 4.69) is 20.5 Å². The molecule has 1 saturated heterocycles. The highest BCUT2D eigenvalue weighted by Gasteiger charge is 2.15. The first-order chi connectivity index (χ1) is 7.36. The van der Waals surface area contributed by atoms with Crippen LogP contribution in [0.3, 0.4) is 0 Å². The molecule has 0 saturated carbocycles. The molecule has 2 rings (SSSR count). The van der Waals surface area contributed by atoms with E-state index in [-0.39, 0.29) is 11.7 Å². The van der Waals surface area contributed by atoms with Gasteiger partial charge in [0, 0.05) is 19.8 Å². The summed E-state index contributed by atoms with van der Waals surface area (Å²) in [5.41, 5.74) is 0. The topological polar surface area (TPSA) is 79.9 Å². The van der Waals surface area contributed by atoms with Gasteiger partial charge in [-0.1, -0.05) is 0 Å². The molecule has 0 unspecified atom stereocenters. The van der Waals surface area contributed by atoms with Crippen LogP contribution in [0.5, 0.6) is 0 Å². The zero-order chi connectivity index (χ0) is 10.5. The summed E-state index contributed by atoms with van der Waals surface area (Å²) < 4.78 is 5.24. The summed E-state index contributed by atoms with van der Waals surface area (Å²) in [6.45, 7) is 2.27. The molecule has 82 valence electrons. The van der Waals surface area contributed by atoms with E-state index >= 15 is 0 Å². The normalized spacial score (nSPS) is 17.6. The Kier molecular flexibility index (Phi) is 3.29. The van der Waals surface area contributed by atoms with Crippen LogP contribution in [-0.4, -0.2) is 40.8 Å². The Morgan fingerprint density at radius 3 is 3.07 bits per heavy atom. The van der Waals surface area contributed by atoms with Crippen LogP contribution in [-0.2, 0) is 4.74 Å². The number of carbonyl (C=O) groups is 1. The highest BCUT2D eigenvalue weighted by molar-refractivity contribution is 5.90. The second kappa shape index (κ2) is 4.88. The number of H-pyrrole nitrogens is 1. The van der Waals surface area contributed by atoms with Crippen LogP contribution in [0.25, 0.3) is 0 Å². The minimum Gasteiger partial charge on any atom is -0.381 e. The van der Waals surface area contributed by atoms with E-state index < -0.39 is 0 Å². The predicted molar refractivity (Wildman–Crippen MR) is 52.3 cm³/mol. The second-order valence-electron chi connectivity index (χ2n) is 3.60. The number of carbonyl (C=O) groups excluding carboxylic acids is 1. The maximum Gasteiger partial charge on any atom is 0.288 e. The molecule has 1 aliphatic heterocycles. The predicted octanol–water partition coefficient (Wildman–Crippen LogP) is -0.0389. The Labute approximate surface area is 87.4 Å². The maximum absolute atomic E-state index is 11.5. The number of hydrogen-bond acceptors (Lipinski definition) is 4. The molecule has 0 bridgehead atoms. The number of aromatic nitrogens is 3. The summed E-state index contributed by atoms with van der Waals surface area (Å²) in [5.74, 6) is 0.590. The van der Waals surface area contributed by atoms with Crippen molar-refractivity contribution in [3.63, 3.8) is 0 Å². The number of aromatic amines is 1. The van der Waals surface area contributed by atoms with Crippen LogP contribution in [0.1, 0.15) is 23.5 Å². The van der Waals surface area contributed by atoms with Crippen molar-refractivity contribution < 1.29 is 9.53 Å². The van der Waals surface area contributed by atoms with Crippen molar-refractivity contribution in [3.8, 4) is 0 Å². The zero-order valence-corrected chi connectivity index (χ0v) is 8.40. The number of nitrogens with one attached hydrogen (secondary N) is 2. The molecule has 0 aromatic carbocycles. The molecular weight excluding hydrogens is 196 g/mol. The third-order valence-electron chi connectivity index (χ3n) is 2.52. The quantitative estimate of drug-likeness (QED) is 0.733. The van der Waals surface area contributed by atoms with Gasteiger partial charge in [-0.15, -0.1) is 0 Å². The van der Waals surface area contributed by atoms with Crippen molar-refractivity contribution in [2.75, 3.05) is 19.8 Å². The molecule has 1 fully saturated rings. The Bertz CT molecular complexity index is 306. The first-order valence-electron chi connectivity index (χ1n) is 5.07. The molecule has 0 atom stereocenters. The molecular formula is C9H14N4O2. The van der Waals surface area contributed by atoms with E-state index in [9.17, 15) is 4.79 Å². The van der Waals surface area contributed by atoms with Gasteiger partial charge in [-0.05, 0) is 18.8 Å². The average molecular weight is 210 g/mol. The Morgan fingerprint density at radius 2 is 2.40 bits per heavy atom. The van der Waals surface area contributed by atoms with Gasteiger partial charge >= 0.3 is 0 Å². The van der Waals surface area contributed by atoms with Gasteiger partial charge in [0.15, 0.2) is 0 Å². The summed E-state index contributed by atoms with van der Waals surface area (Å²) in [5, 5.41) is 8.97. The van der Waals surface area contributed by atoms with Gasteiger partial charge in [-0.3, -0.25) is 9.89 Å². The smallest absolute Gasteiger partial charge is 0.288 e. The van der Waals surface area contributed by atoms with Gasteiger partial charge in [-0.25, -0.2) is 4.98 Å². The summed E-state index contributed by atoms with van der Waals surface area (Å²) in [6.07, 6.45) is 3.34. The molecule has 0 spiro atoms. The van der Waals surface area contributed by atoms with Gasteiger partial charge in [0.1, 0.15) is 6.33 Å². The molecule has 0 radical (unpaired) electrons. The molecule has 1 aromatic heterocycles. The molecule has 1 aromatic rings. The monoisotopic (exact) mass is 210 g/mol. The molecule has 2 N–H and O–H groups in total. The van der Waals surface area contributed by atoms with Gasteiger partial charge in [0.25, 0.3) is 5.91 Å². The lowest BCUT2D eigenvalue weighted by atomic mass is 10.0. The number of nitrogens with zero attached hydrogens (tertiary/aromatic N) is 2. The fraction of sp³-hybridized carbons (Fsp3) is 0.667. The van der Waals surface area contributed by atoms with Gasteiger partial charge in [0.2, 0.25) is 5.82 Å². The lowest BCUT2D eigenvalue weighted by Gasteiger charge is -2.21. The molecule has 15 heavy (non-hydrogen) atoms. The molecule has 0 aliphatic carbocycles. The van der Waals surface area contributed by atoms with Crippen LogP contribution < -0.4 is 5.32 Å².